The summed E-state index contributed by atoms with van der Waals surface area (Å²) in [6.45, 7) is 3.11. The first-order valence-corrected chi connectivity index (χ1v) is 10.1. The maximum absolute atomic E-state index is 12.6. The third-order valence-electron chi connectivity index (χ3n) is 2.95. The highest BCUT2D eigenvalue weighted by Crippen LogP contribution is 2.52. The van der Waals surface area contributed by atoms with Gasteiger partial charge in [-0.3, -0.25) is 9.36 Å². The fourth-order valence-corrected chi connectivity index (χ4v) is 4.26. The molecular weight excluding hydrogens is 369 g/mol. The van der Waals surface area contributed by atoms with E-state index in [9.17, 15) is 19.3 Å². The van der Waals surface area contributed by atoms with E-state index in [1.807, 2.05) is 0 Å². The van der Waals surface area contributed by atoms with Crippen LogP contribution in [-0.2, 0) is 24.2 Å². The van der Waals surface area contributed by atoms with Crippen molar-refractivity contribution in [2.45, 2.75) is 25.4 Å². The van der Waals surface area contributed by atoms with Gasteiger partial charge < -0.3 is 24.2 Å². The molecule has 1 aromatic rings. The summed E-state index contributed by atoms with van der Waals surface area (Å²) >= 11 is 0.855. The minimum absolute atomic E-state index is 0.00405. The average Bonchev–Trinajstić information content (AvgIpc) is 2.58. The number of amides is 1. The second kappa shape index (κ2) is 10.5. The Labute approximate surface area is 150 Å². The molecule has 0 aliphatic rings. The van der Waals surface area contributed by atoms with Crippen LogP contribution in [0.3, 0.4) is 0 Å². The van der Waals surface area contributed by atoms with Gasteiger partial charge in [0.05, 0.1) is 20.3 Å². The zero-order chi connectivity index (χ0) is 18.9. The Balaban J connectivity index is 2.72. The third kappa shape index (κ3) is 6.70. The van der Waals surface area contributed by atoms with Crippen LogP contribution >= 0.6 is 19.4 Å². The number of hydrogen-bond donors (Lipinski definition) is 2. The lowest BCUT2D eigenvalue weighted by Gasteiger charge is -2.23. The van der Waals surface area contributed by atoms with Crippen molar-refractivity contribution in [3.05, 3.63) is 29.8 Å². The molecule has 0 aliphatic heterocycles. The van der Waals surface area contributed by atoms with E-state index >= 15 is 0 Å². The molecule has 0 saturated heterocycles. The van der Waals surface area contributed by atoms with E-state index in [4.69, 9.17) is 13.8 Å². The van der Waals surface area contributed by atoms with E-state index < -0.39 is 24.6 Å². The zero-order valence-electron chi connectivity index (χ0n) is 14.3. The highest BCUT2D eigenvalue weighted by molar-refractivity contribution is 8.12. The molecule has 25 heavy (non-hydrogen) atoms. The number of carboxylic acids is 1. The van der Waals surface area contributed by atoms with Gasteiger partial charge >= 0.3 is 13.6 Å². The molecule has 0 bridgehead atoms. The lowest BCUT2D eigenvalue weighted by atomic mass is 10.2. The number of ether oxygens (including phenoxy) is 1. The molecule has 1 aromatic carbocycles. The molecule has 0 heterocycles. The molecule has 1 rings (SSSR count). The summed E-state index contributed by atoms with van der Waals surface area (Å²) in [6.07, 6.45) is 0. The van der Waals surface area contributed by atoms with Crippen molar-refractivity contribution in [1.82, 2.24) is 5.32 Å². The second-order valence-corrected chi connectivity index (χ2v) is 7.75. The summed E-state index contributed by atoms with van der Waals surface area (Å²) in [5.41, 5.74) is 0.852. The summed E-state index contributed by atoms with van der Waals surface area (Å²) in [5, 5.41) is 10.9. The highest BCUT2D eigenvalue weighted by Gasteiger charge is 2.42. The van der Waals surface area contributed by atoms with E-state index in [0.29, 0.717) is 11.5 Å². The van der Waals surface area contributed by atoms with E-state index in [1.54, 1.807) is 45.2 Å². The van der Waals surface area contributed by atoms with Gasteiger partial charge in [-0.15, -0.1) is 0 Å². The van der Waals surface area contributed by atoms with Gasteiger partial charge in [0.2, 0.25) is 5.78 Å². The second-order valence-electron chi connectivity index (χ2n) is 4.68. The molecule has 0 aromatic heterocycles. The minimum atomic E-state index is -4.01. The van der Waals surface area contributed by atoms with Crippen molar-refractivity contribution in [3.63, 3.8) is 0 Å². The first-order chi connectivity index (χ1) is 11.9. The Kier molecular flexibility index (Phi) is 8.99. The van der Waals surface area contributed by atoms with Crippen LogP contribution in [0.1, 0.15) is 19.4 Å². The third-order valence-corrected chi connectivity index (χ3v) is 6.03. The summed E-state index contributed by atoms with van der Waals surface area (Å²) in [7, 11) is -2.45. The number of rotatable bonds is 10. The lowest BCUT2D eigenvalue weighted by molar-refractivity contribution is -0.137. The molecule has 140 valence electrons. The van der Waals surface area contributed by atoms with Gasteiger partial charge in [0.25, 0.3) is 5.24 Å². The molecule has 2 N–H and O–H groups in total. The molecule has 0 radical (unpaired) electrons. The highest BCUT2D eigenvalue weighted by atomic mass is 32.2. The van der Waals surface area contributed by atoms with E-state index in [2.05, 4.69) is 5.32 Å². The van der Waals surface area contributed by atoms with Crippen LogP contribution in [0.4, 0.5) is 4.79 Å². The number of methoxy groups -OCH3 is 1. The zero-order valence-corrected chi connectivity index (χ0v) is 16.0. The quantitative estimate of drug-likeness (QED) is 0.585. The predicted molar refractivity (Wildman–Crippen MR) is 95.1 cm³/mol. The number of thioether (sulfide) groups is 1. The largest absolute Gasteiger partial charge is 0.497 e. The van der Waals surface area contributed by atoms with Crippen LogP contribution in [0.2, 0.25) is 0 Å². The summed E-state index contributed by atoms with van der Waals surface area (Å²) in [6, 6.07) is 7.09. The van der Waals surface area contributed by atoms with Gasteiger partial charge in [-0.2, -0.15) is 0 Å². The van der Waals surface area contributed by atoms with Gasteiger partial charge in [-0.1, -0.05) is 23.9 Å². The number of carbonyl (C=O) groups excluding carboxylic acids is 1. The van der Waals surface area contributed by atoms with Gasteiger partial charge in [0.15, 0.2) is 0 Å². The number of aliphatic carboxylic acids is 1. The number of carboxylic acid groups (broad SMARTS) is 1. The van der Waals surface area contributed by atoms with Gasteiger partial charge in [-0.05, 0) is 31.5 Å². The van der Waals surface area contributed by atoms with Gasteiger partial charge in [0.1, 0.15) is 5.75 Å². The van der Waals surface area contributed by atoms with E-state index in [0.717, 1.165) is 17.3 Å². The van der Waals surface area contributed by atoms with Gasteiger partial charge in [0, 0.05) is 5.75 Å². The lowest BCUT2D eigenvalue weighted by Crippen LogP contribution is -2.39. The molecule has 8 nitrogen and oxygen atoms in total. The minimum Gasteiger partial charge on any atom is -0.497 e. The van der Waals surface area contributed by atoms with Crippen LogP contribution in [-0.4, -0.2) is 42.4 Å². The first kappa shape index (κ1) is 21.5. The SMILES string of the molecule is CCOP(=O)(OCC)C(NC(=O)SCc1ccc(OC)cc1)C(=O)O. The van der Waals surface area contributed by atoms with Crippen LogP contribution in [0.25, 0.3) is 0 Å². The first-order valence-electron chi connectivity index (χ1n) is 7.54. The number of benzene rings is 1. The van der Waals surface area contributed by atoms with E-state index in [-0.39, 0.29) is 13.2 Å². The molecular formula is C15H22NO7PS. The maximum Gasteiger partial charge on any atom is 0.364 e. The fraction of sp³-hybridized carbons (Fsp3) is 0.467. The Morgan fingerprint density at radius 2 is 1.76 bits per heavy atom. The maximum atomic E-state index is 12.6. The van der Waals surface area contributed by atoms with Crippen molar-refractivity contribution >= 4 is 30.6 Å². The van der Waals surface area contributed by atoms with Crippen molar-refractivity contribution in [2.75, 3.05) is 20.3 Å². The Hall–Kier alpha value is -1.54. The smallest absolute Gasteiger partial charge is 0.364 e. The van der Waals surface area contributed by atoms with Crippen molar-refractivity contribution in [2.24, 2.45) is 0 Å². The van der Waals surface area contributed by atoms with Crippen molar-refractivity contribution in [1.29, 1.82) is 0 Å². The molecule has 0 saturated carbocycles. The molecule has 10 heteroatoms. The van der Waals surface area contributed by atoms with Crippen molar-refractivity contribution in [3.8, 4) is 5.75 Å². The Morgan fingerprint density at radius 1 is 1.20 bits per heavy atom. The molecule has 1 amide bonds. The number of hydrogen-bond acceptors (Lipinski definition) is 7. The van der Waals surface area contributed by atoms with Crippen LogP contribution < -0.4 is 10.1 Å². The van der Waals surface area contributed by atoms with Crippen molar-refractivity contribution < 1.29 is 33.0 Å². The fourth-order valence-electron chi connectivity index (χ4n) is 1.85. The summed E-state index contributed by atoms with van der Waals surface area (Å²) in [4.78, 5) is 23.4. The summed E-state index contributed by atoms with van der Waals surface area (Å²) < 4.78 is 27.6. The number of nitrogens with one attached hydrogen (secondary N) is 1. The average molecular weight is 391 g/mol. The van der Waals surface area contributed by atoms with Crippen LogP contribution in [0.5, 0.6) is 5.75 Å². The molecule has 1 unspecified atom stereocenters. The topological polar surface area (TPSA) is 111 Å². The molecule has 1 atom stereocenters. The number of carbonyl (C=O) groups is 2. The molecule has 0 aliphatic carbocycles. The molecule has 0 spiro atoms. The van der Waals surface area contributed by atoms with Crippen LogP contribution in [0, 0.1) is 0 Å². The predicted octanol–water partition coefficient (Wildman–Crippen LogP) is 3.31. The normalized spacial score (nSPS) is 12.4. The summed E-state index contributed by atoms with van der Waals surface area (Å²) in [5.74, 6) is -2.24. The standard InChI is InChI=1S/C15H22NO7PS/c1-4-22-24(20,23-5-2)13(14(17)18)16-15(19)25-10-11-6-8-12(21-3)9-7-11/h6-9,13H,4-5,10H2,1-3H3,(H,16,19)(H,17,18). The van der Waals surface area contributed by atoms with Gasteiger partial charge in [-0.25, -0.2) is 4.79 Å². The monoisotopic (exact) mass is 391 g/mol. The Bertz CT molecular complexity index is 613. The van der Waals surface area contributed by atoms with E-state index in [1.165, 1.54) is 0 Å². The Morgan fingerprint density at radius 3 is 2.20 bits per heavy atom. The molecule has 0 fully saturated rings. The van der Waals surface area contributed by atoms with Crippen LogP contribution in [0.15, 0.2) is 24.3 Å².